The summed E-state index contributed by atoms with van der Waals surface area (Å²) in [5, 5.41) is 3.36. The first-order valence-electron chi connectivity index (χ1n) is 8.60. The van der Waals surface area contributed by atoms with Crippen LogP contribution in [-0.4, -0.2) is 55.7 Å². The third-order valence-corrected chi connectivity index (χ3v) is 5.28. The van der Waals surface area contributed by atoms with Crippen molar-refractivity contribution in [1.82, 2.24) is 21.1 Å². The predicted octanol–water partition coefficient (Wildman–Crippen LogP) is 0.602. The third-order valence-electron chi connectivity index (χ3n) is 5.28. The monoisotopic (exact) mass is 370 g/mol. The predicted molar refractivity (Wildman–Crippen MR) is 93.7 cm³/mol. The minimum absolute atomic E-state index is 0. The van der Waals surface area contributed by atoms with Crippen molar-refractivity contribution in [2.45, 2.75) is 24.6 Å². The quantitative estimate of drug-likeness (QED) is 0.711. The van der Waals surface area contributed by atoms with Gasteiger partial charge >= 0.3 is 0 Å². The summed E-state index contributed by atoms with van der Waals surface area (Å²) >= 11 is 0. The largest absolute Gasteiger partial charge is 0.370 e. The van der Waals surface area contributed by atoms with Gasteiger partial charge in [0.25, 0.3) is 0 Å². The molecule has 3 saturated heterocycles. The number of morpholine rings is 1. The van der Waals surface area contributed by atoms with Gasteiger partial charge in [-0.1, -0.05) is 18.2 Å². The molecular formula is C17H24ClFN4O2. The van der Waals surface area contributed by atoms with E-state index in [0.29, 0.717) is 31.3 Å². The van der Waals surface area contributed by atoms with Crippen LogP contribution in [0.2, 0.25) is 0 Å². The molecule has 0 radical (unpaired) electrons. The number of ether oxygens (including phenoxy) is 1. The Labute approximate surface area is 152 Å². The lowest BCUT2D eigenvalue weighted by atomic mass is 9.88. The Morgan fingerprint density at radius 2 is 2.12 bits per heavy atom. The molecule has 3 N–H and O–H groups in total. The Bertz CT molecular complexity index is 620. The zero-order valence-electron chi connectivity index (χ0n) is 13.9. The number of hydrazine groups is 1. The molecule has 0 bridgehead atoms. The number of amides is 1. The molecule has 6 nitrogen and oxygen atoms in total. The Hall–Kier alpha value is -1.25. The van der Waals surface area contributed by atoms with Crippen LogP contribution in [0.3, 0.4) is 0 Å². The van der Waals surface area contributed by atoms with Gasteiger partial charge in [0, 0.05) is 30.6 Å². The van der Waals surface area contributed by atoms with Crippen molar-refractivity contribution in [2.75, 3.05) is 32.8 Å². The summed E-state index contributed by atoms with van der Waals surface area (Å²) < 4.78 is 19.7. The molecule has 3 heterocycles. The first kappa shape index (κ1) is 18.5. The van der Waals surface area contributed by atoms with Crippen molar-refractivity contribution in [1.29, 1.82) is 0 Å². The van der Waals surface area contributed by atoms with Crippen LogP contribution in [0.5, 0.6) is 0 Å². The summed E-state index contributed by atoms with van der Waals surface area (Å²) in [6.07, 6.45) is 0.612. The van der Waals surface area contributed by atoms with Gasteiger partial charge in [-0.25, -0.2) is 9.82 Å². The van der Waals surface area contributed by atoms with E-state index in [-0.39, 0.29) is 36.1 Å². The Morgan fingerprint density at radius 3 is 2.96 bits per heavy atom. The number of rotatable bonds is 2. The molecule has 4 atom stereocenters. The Kier molecular flexibility index (Phi) is 5.91. The van der Waals surface area contributed by atoms with Gasteiger partial charge in [0.1, 0.15) is 18.0 Å². The molecule has 0 saturated carbocycles. The standard InChI is InChI=1S/C17H23FN4O2.ClH/c18-13-4-2-1-3-11(13)15-10-22(7-8-24-15)17(23)16-12-9-19-6-5-14(12)20-21-16;/h1-4,12,14-16,19-21H,5-10H2;1H. The zero-order valence-corrected chi connectivity index (χ0v) is 14.7. The van der Waals surface area contributed by atoms with Gasteiger partial charge in [-0.3, -0.25) is 10.2 Å². The highest BCUT2D eigenvalue weighted by Crippen LogP contribution is 2.27. The summed E-state index contributed by atoms with van der Waals surface area (Å²) in [5.74, 6) is 0.0401. The molecule has 0 aromatic heterocycles. The molecule has 8 heteroatoms. The Balaban J connectivity index is 0.00000182. The minimum atomic E-state index is -0.404. The maximum atomic E-state index is 14.0. The lowest BCUT2D eigenvalue weighted by molar-refractivity contribution is -0.142. The topological polar surface area (TPSA) is 65.6 Å². The number of nitrogens with one attached hydrogen (secondary N) is 3. The van der Waals surface area contributed by atoms with Crippen LogP contribution in [0.1, 0.15) is 18.1 Å². The number of carbonyl (C=O) groups excluding carboxylic acids is 1. The van der Waals surface area contributed by atoms with E-state index in [1.165, 1.54) is 6.07 Å². The van der Waals surface area contributed by atoms with Gasteiger partial charge in [-0.15, -0.1) is 12.4 Å². The molecular weight excluding hydrogens is 347 g/mol. The molecule has 0 aliphatic carbocycles. The van der Waals surface area contributed by atoms with Gasteiger partial charge < -0.3 is 15.0 Å². The number of hydrogen-bond acceptors (Lipinski definition) is 5. The maximum absolute atomic E-state index is 14.0. The summed E-state index contributed by atoms with van der Waals surface area (Å²) in [4.78, 5) is 14.8. The lowest BCUT2D eigenvalue weighted by Crippen LogP contribution is -2.53. The van der Waals surface area contributed by atoms with E-state index in [1.54, 1.807) is 23.1 Å². The van der Waals surface area contributed by atoms with E-state index < -0.39 is 6.10 Å². The van der Waals surface area contributed by atoms with E-state index in [2.05, 4.69) is 16.2 Å². The van der Waals surface area contributed by atoms with Crippen LogP contribution in [0.15, 0.2) is 24.3 Å². The molecule has 3 aliphatic rings. The van der Waals surface area contributed by atoms with Gasteiger partial charge in [-0.2, -0.15) is 0 Å². The van der Waals surface area contributed by atoms with Crippen LogP contribution >= 0.6 is 12.4 Å². The molecule has 25 heavy (non-hydrogen) atoms. The average Bonchev–Trinajstić information content (AvgIpc) is 3.06. The minimum Gasteiger partial charge on any atom is -0.370 e. The van der Waals surface area contributed by atoms with Crippen molar-refractivity contribution >= 4 is 18.3 Å². The molecule has 4 rings (SSSR count). The van der Waals surface area contributed by atoms with Crippen molar-refractivity contribution in [2.24, 2.45) is 5.92 Å². The first-order valence-corrected chi connectivity index (χ1v) is 8.60. The number of piperidine rings is 1. The SMILES string of the molecule is Cl.O=C(C1NNC2CCNCC21)N1CCOC(c2ccccc2F)C1. The van der Waals surface area contributed by atoms with Crippen molar-refractivity contribution in [3.05, 3.63) is 35.6 Å². The van der Waals surface area contributed by atoms with Gasteiger partial charge in [-0.05, 0) is 19.0 Å². The van der Waals surface area contributed by atoms with Crippen molar-refractivity contribution < 1.29 is 13.9 Å². The summed E-state index contributed by atoms with van der Waals surface area (Å²) in [6, 6.07) is 6.72. The normalized spacial score (nSPS) is 32.0. The maximum Gasteiger partial charge on any atom is 0.241 e. The average molecular weight is 371 g/mol. The lowest BCUT2D eigenvalue weighted by Gasteiger charge is -2.36. The highest BCUT2D eigenvalue weighted by molar-refractivity contribution is 5.85. The first-order chi connectivity index (χ1) is 11.7. The molecule has 4 unspecified atom stereocenters. The van der Waals surface area contributed by atoms with E-state index in [9.17, 15) is 9.18 Å². The fourth-order valence-electron chi connectivity index (χ4n) is 3.93. The molecule has 138 valence electrons. The number of fused-ring (bicyclic) bond motifs is 1. The molecule has 1 aromatic rings. The van der Waals surface area contributed by atoms with Crippen LogP contribution < -0.4 is 16.2 Å². The molecule has 3 fully saturated rings. The second-order valence-electron chi connectivity index (χ2n) is 6.69. The van der Waals surface area contributed by atoms with Gasteiger partial charge in [0.05, 0.1) is 13.2 Å². The smallest absolute Gasteiger partial charge is 0.241 e. The van der Waals surface area contributed by atoms with E-state index >= 15 is 0 Å². The molecule has 0 spiro atoms. The highest BCUT2D eigenvalue weighted by Gasteiger charge is 2.43. The third kappa shape index (κ3) is 3.66. The van der Waals surface area contributed by atoms with Crippen LogP contribution in [-0.2, 0) is 9.53 Å². The van der Waals surface area contributed by atoms with Crippen molar-refractivity contribution in [3.8, 4) is 0 Å². The fourth-order valence-corrected chi connectivity index (χ4v) is 3.93. The summed E-state index contributed by atoms with van der Waals surface area (Å²) in [5.41, 5.74) is 6.94. The van der Waals surface area contributed by atoms with E-state index in [0.717, 1.165) is 19.5 Å². The van der Waals surface area contributed by atoms with E-state index in [4.69, 9.17) is 4.74 Å². The fraction of sp³-hybridized carbons (Fsp3) is 0.588. The van der Waals surface area contributed by atoms with Crippen molar-refractivity contribution in [3.63, 3.8) is 0 Å². The zero-order chi connectivity index (χ0) is 16.5. The number of hydrogen-bond donors (Lipinski definition) is 3. The van der Waals surface area contributed by atoms with Gasteiger partial charge in [0.2, 0.25) is 5.91 Å². The number of carbonyl (C=O) groups is 1. The summed E-state index contributed by atoms with van der Waals surface area (Å²) in [6.45, 7) is 3.18. The summed E-state index contributed by atoms with van der Waals surface area (Å²) in [7, 11) is 0. The van der Waals surface area contributed by atoms with Crippen LogP contribution in [0.25, 0.3) is 0 Å². The molecule has 3 aliphatic heterocycles. The number of nitrogens with zero attached hydrogens (tertiary/aromatic N) is 1. The van der Waals surface area contributed by atoms with Crippen LogP contribution in [0.4, 0.5) is 4.39 Å². The van der Waals surface area contributed by atoms with E-state index in [1.807, 2.05) is 0 Å². The molecule has 1 aromatic carbocycles. The Morgan fingerprint density at radius 1 is 1.28 bits per heavy atom. The van der Waals surface area contributed by atoms with Crippen LogP contribution in [0, 0.1) is 11.7 Å². The van der Waals surface area contributed by atoms with Gasteiger partial charge in [0.15, 0.2) is 0 Å². The molecule has 1 amide bonds. The number of benzene rings is 1. The second kappa shape index (κ2) is 7.97. The highest BCUT2D eigenvalue weighted by atomic mass is 35.5. The number of halogens is 2. The second-order valence-corrected chi connectivity index (χ2v) is 6.69.